The van der Waals surface area contributed by atoms with Crippen molar-refractivity contribution < 1.29 is 0 Å². The van der Waals surface area contributed by atoms with E-state index in [1.807, 2.05) is 36.8 Å². The van der Waals surface area contributed by atoms with Gasteiger partial charge in [-0.05, 0) is 36.2 Å². The third-order valence-corrected chi connectivity index (χ3v) is 4.34. The molecule has 2 nitrogen and oxygen atoms in total. The lowest BCUT2D eigenvalue weighted by Gasteiger charge is -2.07. The maximum Gasteiger partial charge on any atom is 0.0642 e. The molecule has 3 aromatic rings. The average Bonchev–Trinajstić information content (AvgIpc) is 2.93. The van der Waals surface area contributed by atoms with E-state index in [0.717, 1.165) is 16.7 Å². The van der Waals surface area contributed by atoms with Gasteiger partial charge >= 0.3 is 0 Å². The lowest BCUT2D eigenvalue weighted by Crippen LogP contribution is -1.97. The number of aromatic nitrogens is 2. The molecule has 2 aromatic heterocycles. The van der Waals surface area contributed by atoms with Gasteiger partial charge in [0.15, 0.2) is 0 Å². The zero-order chi connectivity index (χ0) is 14.8. The molecule has 0 spiro atoms. The lowest BCUT2D eigenvalue weighted by molar-refractivity contribution is 0.807. The molecular weight excluding hydrogens is 303 g/mol. The molecule has 1 aromatic carbocycles. The second-order valence-corrected chi connectivity index (χ2v) is 5.76. The Bertz CT molecular complexity index is 778. The Kier molecular flexibility index (Phi) is 4.00. The van der Waals surface area contributed by atoms with Crippen molar-refractivity contribution in [3.05, 3.63) is 76.3 Å². The van der Waals surface area contributed by atoms with Gasteiger partial charge in [0.1, 0.15) is 0 Å². The molecule has 2 heterocycles. The summed E-state index contributed by atoms with van der Waals surface area (Å²) < 4.78 is 2.10. The molecule has 0 bridgehead atoms. The van der Waals surface area contributed by atoms with Crippen LogP contribution in [0.25, 0.3) is 11.1 Å². The standard InChI is InChI=1S/C17H14Cl2N2/c1-12-5-7-20-9-15(12)13-6-8-21(10-13)11-14-3-2-4-16(18)17(14)19/h2-10H,11H2,1H3. The van der Waals surface area contributed by atoms with Crippen LogP contribution in [0.4, 0.5) is 0 Å². The minimum absolute atomic E-state index is 0.588. The molecule has 0 saturated carbocycles. The summed E-state index contributed by atoms with van der Waals surface area (Å²) in [5.41, 5.74) is 4.52. The highest BCUT2D eigenvalue weighted by atomic mass is 35.5. The highest BCUT2D eigenvalue weighted by Gasteiger charge is 2.07. The summed E-state index contributed by atoms with van der Waals surface area (Å²) in [5.74, 6) is 0. The van der Waals surface area contributed by atoms with E-state index in [-0.39, 0.29) is 0 Å². The summed E-state index contributed by atoms with van der Waals surface area (Å²) in [6, 6.07) is 9.80. The van der Waals surface area contributed by atoms with Gasteiger partial charge in [-0.15, -0.1) is 0 Å². The van der Waals surface area contributed by atoms with Gasteiger partial charge in [0.25, 0.3) is 0 Å². The zero-order valence-corrected chi connectivity index (χ0v) is 13.1. The number of hydrogen-bond acceptors (Lipinski definition) is 1. The van der Waals surface area contributed by atoms with E-state index in [0.29, 0.717) is 16.6 Å². The topological polar surface area (TPSA) is 17.8 Å². The number of rotatable bonds is 3. The Balaban J connectivity index is 1.89. The van der Waals surface area contributed by atoms with Crippen LogP contribution in [-0.2, 0) is 6.54 Å². The van der Waals surface area contributed by atoms with E-state index in [4.69, 9.17) is 23.2 Å². The van der Waals surface area contributed by atoms with Crippen molar-refractivity contribution in [3.63, 3.8) is 0 Å². The van der Waals surface area contributed by atoms with Crippen LogP contribution < -0.4 is 0 Å². The van der Waals surface area contributed by atoms with Crippen molar-refractivity contribution in [1.82, 2.24) is 9.55 Å². The summed E-state index contributed by atoms with van der Waals surface area (Å²) in [5, 5.41) is 1.21. The normalized spacial score (nSPS) is 10.8. The quantitative estimate of drug-likeness (QED) is 0.648. The Hall–Kier alpha value is -1.77. The first-order valence-corrected chi connectivity index (χ1v) is 7.40. The van der Waals surface area contributed by atoms with Gasteiger partial charge in [0, 0.05) is 42.5 Å². The predicted octanol–water partition coefficient (Wildman–Crippen LogP) is 5.21. The molecule has 0 aliphatic heterocycles. The van der Waals surface area contributed by atoms with Crippen LogP contribution in [-0.4, -0.2) is 9.55 Å². The van der Waals surface area contributed by atoms with Crippen LogP contribution >= 0.6 is 23.2 Å². The van der Waals surface area contributed by atoms with Gasteiger partial charge in [-0.1, -0.05) is 35.3 Å². The molecule has 3 rings (SSSR count). The molecule has 0 N–H and O–H groups in total. The number of nitrogens with zero attached hydrogens (tertiary/aromatic N) is 2. The van der Waals surface area contributed by atoms with E-state index in [9.17, 15) is 0 Å². The lowest BCUT2D eigenvalue weighted by atomic mass is 10.1. The first-order valence-electron chi connectivity index (χ1n) is 6.65. The summed E-state index contributed by atoms with van der Waals surface area (Å²) in [4.78, 5) is 4.19. The fraction of sp³-hybridized carbons (Fsp3) is 0.118. The van der Waals surface area contributed by atoms with Crippen LogP contribution in [0, 0.1) is 6.92 Å². The smallest absolute Gasteiger partial charge is 0.0642 e. The van der Waals surface area contributed by atoms with Gasteiger partial charge in [0.05, 0.1) is 10.0 Å². The van der Waals surface area contributed by atoms with E-state index < -0.39 is 0 Å². The average molecular weight is 317 g/mol. The minimum atomic E-state index is 0.588. The molecule has 0 radical (unpaired) electrons. The predicted molar refractivity (Wildman–Crippen MR) is 88.0 cm³/mol. The van der Waals surface area contributed by atoms with Crippen molar-refractivity contribution in [1.29, 1.82) is 0 Å². The molecule has 4 heteroatoms. The molecular formula is C17H14Cl2N2. The van der Waals surface area contributed by atoms with Crippen molar-refractivity contribution in [2.45, 2.75) is 13.5 Å². The van der Waals surface area contributed by atoms with Crippen LogP contribution in [0.2, 0.25) is 10.0 Å². The third kappa shape index (κ3) is 2.97. The van der Waals surface area contributed by atoms with E-state index in [1.54, 1.807) is 6.07 Å². The fourth-order valence-corrected chi connectivity index (χ4v) is 2.71. The maximum atomic E-state index is 6.24. The van der Waals surface area contributed by atoms with Crippen molar-refractivity contribution in [2.75, 3.05) is 0 Å². The fourth-order valence-electron chi connectivity index (χ4n) is 2.33. The molecule has 21 heavy (non-hydrogen) atoms. The molecule has 0 saturated heterocycles. The van der Waals surface area contributed by atoms with Crippen molar-refractivity contribution >= 4 is 23.2 Å². The Morgan fingerprint density at radius 3 is 2.81 bits per heavy atom. The van der Waals surface area contributed by atoms with Crippen LogP contribution in [0.15, 0.2) is 55.1 Å². The Morgan fingerprint density at radius 1 is 1.14 bits per heavy atom. The molecule has 0 fully saturated rings. The first kappa shape index (κ1) is 14.2. The maximum absolute atomic E-state index is 6.24. The Morgan fingerprint density at radius 2 is 2.00 bits per heavy atom. The SMILES string of the molecule is Cc1ccncc1-c1ccn(Cc2cccc(Cl)c2Cl)c1. The molecule has 0 aliphatic carbocycles. The zero-order valence-electron chi connectivity index (χ0n) is 11.6. The number of aryl methyl sites for hydroxylation is 1. The van der Waals surface area contributed by atoms with E-state index in [2.05, 4.69) is 28.7 Å². The van der Waals surface area contributed by atoms with Gasteiger partial charge in [-0.25, -0.2) is 0 Å². The van der Waals surface area contributed by atoms with Crippen LogP contribution in [0.3, 0.4) is 0 Å². The monoisotopic (exact) mass is 316 g/mol. The van der Waals surface area contributed by atoms with E-state index >= 15 is 0 Å². The highest BCUT2D eigenvalue weighted by molar-refractivity contribution is 6.42. The van der Waals surface area contributed by atoms with Gasteiger partial charge < -0.3 is 4.57 Å². The number of hydrogen-bond donors (Lipinski definition) is 0. The van der Waals surface area contributed by atoms with Crippen LogP contribution in [0.1, 0.15) is 11.1 Å². The Labute approximate surface area is 134 Å². The number of pyridine rings is 1. The van der Waals surface area contributed by atoms with Crippen molar-refractivity contribution in [2.24, 2.45) is 0 Å². The third-order valence-electron chi connectivity index (χ3n) is 3.49. The van der Waals surface area contributed by atoms with E-state index in [1.165, 1.54) is 5.56 Å². The summed E-state index contributed by atoms with van der Waals surface area (Å²) in [7, 11) is 0. The molecule has 106 valence electrons. The van der Waals surface area contributed by atoms with Gasteiger partial charge in [-0.2, -0.15) is 0 Å². The summed E-state index contributed by atoms with van der Waals surface area (Å²) in [6.45, 7) is 2.78. The second kappa shape index (κ2) is 5.92. The molecule has 0 atom stereocenters. The molecule has 0 amide bonds. The first-order chi connectivity index (χ1) is 10.1. The number of halogens is 2. The largest absolute Gasteiger partial charge is 0.349 e. The van der Waals surface area contributed by atoms with Crippen LogP contribution in [0.5, 0.6) is 0 Å². The van der Waals surface area contributed by atoms with Gasteiger partial charge in [-0.3, -0.25) is 4.98 Å². The highest BCUT2D eigenvalue weighted by Crippen LogP contribution is 2.27. The molecule has 0 aliphatic rings. The number of benzene rings is 1. The molecule has 0 unspecified atom stereocenters. The van der Waals surface area contributed by atoms with Gasteiger partial charge in [0.2, 0.25) is 0 Å². The second-order valence-electron chi connectivity index (χ2n) is 4.98. The summed E-state index contributed by atoms with van der Waals surface area (Å²) in [6.07, 6.45) is 7.84. The van der Waals surface area contributed by atoms with Crippen molar-refractivity contribution in [3.8, 4) is 11.1 Å². The minimum Gasteiger partial charge on any atom is -0.349 e. The summed E-state index contributed by atoms with van der Waals surface area (Å²) >= 11 is 12.3.